The van der Waals surface area contributed by atoms with Gasteiger partial charge in [0.25, 0.3) is 5.91 Å². The van der Waals surface area contributed by atoms with Crippen molar-refractivity contribution >= 4 is 11.8 Å². The largest absolute Gasteiger partial charge is 0.459 e. The van der Waals surface area contributed by atoms with Crippen molar-refractivity contribution in [1.29, 1.82) is 0 Å². The third kappa shape index (κ3) is 2.58. The standard InChI is InChI=1S/C18H19N3O3/c1-12-4-2-5-14(19-12)10-20-8-13-9-21(11-15(13)17(20)22)18(23)16-6-3-7-24-16/h2-7,13,15H,8-11H2,1H3/t13-,15+/m1/s1. The van der Waals surface area contributed by atoms with Crippen molar-refractivity contribution in [2.45, 2.75) is 13.5 Å². The summed E-state index contributed by atoms with van der Waals surface area (Å²) in [5.74, 6) is 0.422. The molecule has 0 aliphatic carbocycles. The second kappa shape index (κ2) is 5.78. The zero-order valence-electron chi connectivity index (χ0n) is 13.5. The molecule has 2 fully saturated rings. The summed E-state index contributed by atoms with van der Waals surface area (Å²) < 4.78 is 5.17. The van der Waals surface area contributed by atoms with E-state index in [1.165, 1.54) is 6.26 Å². The molecule has 6 heteroatoms. The lowest BCUT2D eigenvalue weighted by Crippen LogP contribution is -2.35. The molecule has 2 aromatic rings. The van der Waals surface area contributed by atoms with Gasteiger partial charge in [0.05, 0.1) is 24.4 Å². The second-order valence-corrected chi connectivity index (χ2v) is 6.54. The summed E-state index contributed by atoms with van der Waals surface area (Å²) in [4.78, 5) is 33.1. The molecule has 2 saturated heterocycles. The molecule has 0 radical (unpaired) electrons. The molecule has 0 N–H and O–H groups in total. The number of hydrogen-bond acceptors (Lipinski definition) is 4. The quantitative estimate of drug-likeness (QED) is 0.862. The van der Waals surface area contributed by atoms with Gasteiger partial charge in [-0.1, -0.05) is 6.07 Å². The smallest absolute Gasteiger partial charge is 0.289 e. The van der Waals surface area contributed by atoms with Crippen molar-refractivity contribution in [1.82, 2.24) is 14.8 Å². The lowest BCUT2D eigenvalue weighted by molar-refractivity contribution is -0.131. The molecule has 4 heterocycles. The van der Waals surface area contributed by atoms with Crippen LogP contribution in [0.4, 0.5) is 0 Å². The molecule has 124 valence electrons. The van der Waals surface area contributed by atoms with Gasteiger partial charge < -0.3 is 14.2 Å². The fraction of sp³-hybridized carbons (Fsp3) is 0.389. The third-order valence-electron chi connectivity index (χ3n) is 4.84. The summed E-state index contributed by atoms with van der Waals surface area (Å²) in [6.07, 6.45) is 1.49. The number of fused-ring (bicyclic) bond motifs is 1. The minimum Gasteiger partial charge on any atom is -0.459 e. The highest BCUT2D eigenvalue weighted by Crippen LogP contribution is 2.33. The first-order chi connectivity index (χ1) is 11.6. The topological polar surface area (TPSA) is 66.7 Å². The van der Waals surface area contributed by atoms with Crippen LogP contribution in [0.5, 0.6) is 0 Å². The fourth-order valence-electron chi connectivity index (χ4n) is 3.69. The van der Waals surface area contributed by atoms with E-state index in [4.69, 9.17) is 4.42 Å². The minimum atomic E-state index is -0.130. The summed E-state index contributed by atoms with van der Waals surface area (Å²) in [6, 6.07) is 9.21. The molecule has 2 atom stereocenters. The first kappa shape index (κ1) is 14.9. The van der Waals surface area contributed by atoms with Crippen LogP contribution in [0.2, 0.25) is 0 Å². The molecule has 2 aliphatic rings. The van der Waals surface area contributed by atoms with Crippen LogP contribution < -0.4 is 0 Å². The summed E-state index contributed by atoms with van der Waals surface area (Å²) in [6.45, 7) is 4.25. The molecular formula is C18H19N3O3. The van der Waals surface area contributed by atoms with E-state index in [0.717, 1.165) is 11.4 Å². The number of amides is 2. The Balaban J connectivity index is 1.42. The number of nitrogens with zero attached hydrogens (tertiary/aromatic N) is 3. The number of carbonyl (C=O) groups is 2. The van der Waals surface area contributed by atoms with Crippen molar-refractivity contribution in [3.8, 4) is 0 Å². The summed E-state index contributed by atoms with van der Waals surface area (Å²) in [5.41, 5.74) is 1.86. The van der Waals surface area contributed by atoms with Gasteiger partial charge in [0.15, 0.2) is 5.76 Å². The molecule has 2 aliphatic heterocycles. The van der Waals surface area contributed by atoms with Crippen LogP contribution in [0.15, 0.2) is 41.0 Å². The van der Waals surface area contributed by atoms with Gasteiger partial charge >= 0.3 is 0 Å². The van der Waals surface area contributed by atoms with Crippen molar-refractivity contribution in [3.63, 3.8) is 0 Å². The van der Waals surface area contributed by atoms with Gasteiger partial charge in [0.2, 0.25) is 5.91 Å². The van der Waals surface area contributed by atoms with E-state index in [9.17, 15) is 9.59 Å². The lowest BCUT2D eigenvalue weighted by Gasteiger charge is -2.21. The van der Waals surface area contributed by atoms with Crippen molar-refractivity contribution in [2.24, 2.45) is 11.8 Å². The second-order valence-electron chi connectivity index (χ2n) is 6.54. The first-order valence-corrected chi connectivity index (χ1v) is 8.16. The van der Waals surface area contributed by atoms with E-state index in [1.807, 2.05) is 30.0 Å². The van der Waals surface area contributed by atoms with E-state index in [0.29, 0.717) is 31.9 Å². The van der Waals surface area contributed by atoms with Gasteiger partial charge in [-0.05, 0) is 31.2 Å². The Labute approximate surface area is 140 Å². The highest BCUT2D eigenvalue weighted by Gasteiger charge is 2.47. The summed E-state index contributed by atoms with van der Waals surface area (Å²) in [5, 5.41) is 0. The van der Waals surface area contributed by atoms with Crippen molar-refractivity contribution < 1.29 is 14.0 Å². The molecular weight excluding hydrogens is 306 g/mol. The number of carbonyl (C=O) groups excluding carboxylic acids is 2. The monoisotopic (exact) mass is 325 g/mol. The van der Waals surface area contributed by atoms with Gasteiger partial charge in [-0.25, -0.2) is 0 Å². The number of likely N-dealkylation sites (tertiary alicyclic amines) is 2. The zero-order chi connectivity index (χ0) is 16.7. The van der Waals surface area contributed by atoms with Crippen molar-refractivity contribution in [2.75, 3.05) is 19.6 Å². The number of furan rings is 1. The Bertz CT molecular complexity index is 772. The SMILES string of the molecule is Cc1cccc(CN2C[C@@H]3CN(C(=O)c4ccco4)C[C@@H]3C2=O)n1. The number of pyridine rings is 1. The number of hydrogen-bond donors (Lipinski definition) is 0. The molecule has 0 aromatic carbocycles. The third-order valence-corrected chi connectivity index (χ3v) is 4.84. The Morgan fingerprint density at radius 1 is 1.25 bits per heavy atom. The van der Waals surface area contributed by atoms with E-state index in [1.54, 1.807) is 17.0 Å². The first-order valence-electron chi connectivity index (χ1n) is 8.16. The van der Waals surface area contributed by atoms with Gasteiger partial charge in [0, 0.05) is 31.2 Å². The molecule has 0 saturated carbocycles. The molecule has 6 nitrogen and oxygen atoms in total. The van der Waals surface area contributed by atoms with E-state index in [-0.39, 0.29) is 23.7 Å². The highest BCUT2D eigenvalue weighted by molar-refractivity contribution is 5.93. The van der Waals surface area contributed by atoms with Crippen LogP contribution in [0.1, 0.15) is 21.9 Å². The predicted molar refractivity (Wildman–Crippen MR) is 86.0 cm³/mol. The molecule has 0 bridgehead atoms. The van der Waals surface area contributed by atoms with Crippen LogP contribution in [-0.4, -0.2) is 46.2 Å². The normalized spacial score (nSPS) is 23.0. The van der Waals surface area contributed by atoms with E-state index >= 15 is 0 Å². The van der Waals surface area contributed by atoms with Gasteiger partial charge in [-0.2, -0.15) is 0 Å². The van der Waals surface area contributed by atoms with Crippen LogP contribution >= 0.6 is 0 Å². The molecule has 0 spiro atoms. The number of aryl methyl sites for hydroxylation is 1. The minimum absolute atomic E-state index is 0.103. The maximum absolute atomic E-state index is 12.7. The van der Waals surface area contributed by atoms with E-state index < -0.39 is 0 Å². The molecule has 2 aromatic heterocycles. The molecule has 2 amide bonds. The van der Waals surface area contributed by atoms with Crippen LogP contribution in [0, 0.1) is 18.8 Å². The van der Waals surface area contributed by atoms with E-state index in [2.05, 4.69) is 4.98 Å². The average molecular weight is 325 g/mol. The average Bonchev–Trinajstić information content (AvgIpc) is 3.27. The Morgan fingerprint density at radius 2 is 2.12 bits per heavy atom. The lowest BCUT2D eigenvalue weighted by atomic mass is 10.0. The molecule has 24 heavy (non-hydrogen) atoms. The maximum atomic E-state index is 12.7. The molecule has 4 rings (SSSR count). The predicted octanol–water partition coefficient (Wildman–Crippen LogP) is 1.71. The fourth-order valence-corrected chi connectivity index (χ4v) is 3.69. The van der Waals surface area contributed by atoms with Crippen molar-refractivity contribution in [3.05, 3.63) is 53.7 Å². The van der Waals surface area contributed by atoms with Gasteiger partial charge in [0.1, 0.15) is 0 Å². The molecule has 0 unspecified atom stereocenters. The summed E-state index contributed by atoms with van der Waals surface area (Å²) in [7, 11) is 0. The zero-order valence-corrected chi connectivity index (χ0v) is 13.5. The van der Waals surface area contributed by atoms with Gasteiger partial charge in [-0.15, -0.1) is 0 Å². The maximum Gasteiger partial charge on any atom is 0.289 e. The Hall–Kier alpha value is -2.63. The number of rotatable bonds is 3. The summed E-state index contributed by atoms with van der Waals surface area (Å²) >= 11 is 0. The van der Waals surface area contributed by atoms with Crippen LogP contribution in [0.3, 0.4) is 0 Å². The van der Waals surface area contributed by atoms with Crippen LogP contribution in [0.25, 0.3) is 0 Å². The highest BCUT2D eigenvalue weighted by atomic mass is 16.3. The Morgan fingerprint density at radius 3 is 2.83 bits per heavy atom. The van der Waals surface area contributed by atoms with Gasteiger partial charge in [-0.3, -0.25) is 14.6 Å². The van der Waals surface area contributed by atoms with Crippen LogP contribution in [-0.2, 0) is 11.3 Å². The Kier molecular flexibility index (Phi) is 3.59. The number of aromatic nitrogens is 1.